The predicted molar refractivity (Wildman–Crippen MR) is 117 cm³/mol. The lowest BCUT2D eigenvalue weighted by atomic mass is 10.1. The number of hydrogen-bond donors (Lipinski definition) is 3. The summed E-state index contributed by atoms with van der Waals surface area (Å²) < 4.78 is 10.0. The molecule has 31 heavy (non-hydrogen) atoms. The molecule has 3 aromatic carbocycles. The number of benzene rings is 3. The molecule has 0 aliphatic carbocycles. The number of ether oxygens (including phenoxy) is 2. The lowest BCUT2D eigenvalue weighted by Gasteiger charge is -2.07. The highest BCUT2D eigenvalue weighted by Gasteiger charge is 2.08. The summed E-state index contributed by atoms with van der Waals surface area (Å²) in [5, 5.41) is 16.4. The SMILES string of the molecule is COc1ccc(C(=O)Nc2ccc(C(=O)N/N=C\c3ccc(OC)c(O)c3)cc2)cc1. The summed E-state index contributed by atoms with van der Waals surface area (Å²) >= 11 is 0. The number of rotatable bonds is 7. The molecule has 158 valence electrons. The van der Waals surface area contributed by atoms with Crippen molar-refractivity contribution in [2.75, 3.05) is 19.5 Å². The Morgan fingerprint density at radius 2 is 1.52 bits per heavy atom. The summed E-state index contributed by atoms with van der Waals surface area (Å²) in [4.78, 5) is 24.5. The molecule has 0 aliphatic rings. The number of hydrazone groups is 1. The molecule has 0 saturated heterocycles. The molecule has 3 rings (SSSR count). The molecule has 0 unspecified atom stereocenters. The quantitative estimate of drug-likeness (QED) is 0.402. The van der Waals surface area contributed by atoms with Crippen molar-refractivity contribution >= 4 is 23.7 Å². The molecule has 0 atom stereocenters. The second-order valence-corrected chi connectivity index (χ2v) is 6.39. The summed E-state index contributed by atoms with van der Waals surface area (Å²) in [7, 11) is 3.01. The van der Waals surface area contributed by atoms with E-state index in [1.807, 2.05) is 0 Å². The van der Waals surface area contributed by atoms with Crippen LogP contribution in [0.1, 0.15) is 26.3 Å². The van der Waals surface area contributed by atoms with Gasteiger partial charge in [-0.2, -0.15) is 5.10 Å². The van der Waals surface area contributed by atoms with Crippen LogP contribution in [0.3, 0.4) is 0 Å². The first-order chi connectivity index (χ1) is 15.0. The molecule has 0 fully saturated rings. The number of phenolic OH excluding ortho intramolecular Hbond substituents is 1. The van der Waals surface area contributed by atoms with Crippen LogP contribution >= 0.6 is 0 Å². The van der Waals surface area contributed by atoms with Gasteiger partial charge >= 0.3 is 0 Å². The number of amides is 2. The first kappa shape index (κ1) is 21.4. The van der Waals surface area contributed by atoms with E-state index in [2.05, 4.69) is 15.8 Å². The maximum Gasteiger partial charge on any atom is 0.271 e. The molecule has 0 bridgehead atoms. The Morgan fingerprint density at radius 3 is 2.13 bits per heavy atom. The fourth-order valence-electron chi connectivity index (χ4n) is 2.67. The van der Waals surface area contributed by atoms with Gasteiger partial charge in [-0.25, -0.2) is 5.43 Å². The van der Waals surface area contributed by atoms with E-state index in [1.165, 1.54) is 19.4 Å². The van der Waals surface area contributed by atoms with Crippen LogP contribution in [-0.4, -0.2) is 37.4 Å². The van der Waals surface area contributed by atoms with Crippen LogP contribution in [0.4, 0.5) is 5.69 Å². The molecular formula is C23H21N3O5. The molecule has 0 heterocycles. The molecule has 3 aromatic rings. The van der Waals surface area contributed by atoms with Crippen molar-refractivity contribution in [2.45, 2.75) is 0 Å². The first-order valence-corrected chi connectivity index (χ1v) is 9.26. The summed E-state index contributed by atoms with van der Waals surface area (Å²) in [5.74, 6) is 0.304. The second-order valence-electron chi connectivity index (χ2n) is 6.39. The van der Waals surface area contributed by atoms with E-state index in [4.69, 9.17) is 9.47 Å². The topological polar surface area (TPSA) is 109 Å². The van der Waals surface area contributed by atoms with Gasteiger partial charge in [0.1, 0.15) is 5.75 Å². The van der Waals surface area contributed by atoms with E-state index in [9.17, 15) is 14.7 Å². The predicted octanol–water partition coefficient (Wildman–Crippen LogP) is 3.43. The zero-order valence-electron chi connectivity index (χ0n) is 17.0. The van der Waals surface area contributed by atoms with E-state index < -0.39 is 5.91 Å². The minimum absolute atomic E-state index is 0.0231. The monoisotopic (exact) mass is 419 g/mol. The van der Waals surface area contributed by atoms with E-state index in [1.54, 1.807) is 67.8 Å². The van der Waals surface area contributed by atoms with Crippen LogP contribution in [0.2, 0.25) is 0 Å². The normalized spacial score (nSPS) is 10.5. The summed E-state index contributed by atoms with van der Waals surface area (Å²) in [5.41, 5.74) is 4.41. The van der Waals surface area contributed by atoms with Crippen LogP contribution < -0.4 is 20.2 Å². The number of carbonyl (C=O) groups excluding carboxylic acids is 2. The van der Waals surface area contributed by atoms with Crippen molar-refractivity contribution in [3.05, 3.63) is 83.4 Å². The Bertz CT molecular complexity index is 1090. The van der Waals surface area contributed by atoms with Crippen LogP contribution in [0, 0.1) is 0 Å². The van der Waals surface area contributed by atoms with Gasteiger partial charge in [0.25, 0.3) is 11.8 Å². The van der Waals surface area contributed by atoms with Crippen LogP contribution in [-0.2, 0) is 0 Å². The third-order valence-electron chi connectivity index (χ3n) is 4.34. The average Bonchev–Trinajstić information content (AvgIpc) is 2.79. The molecular weight excluding hydrogens is 398 g/mol. The molecule has 8 nitrogen and oxygen atoms in total. The Hall–Kier alpha value is -4.33. The lowest BCUT2D eigenvalue weighted by Crippen LogP contribution is -2.17. The average molecular weight is 419 g/mol. The number of phenols is 1. The Kier molecular flexibility index (Phi) is 6.85. The first-order valence-electron chi connectivity index (χ1n) is 9.26. The number of carbonyl (C=O) groups is 2. The number of aromatic hydroxyl groups is 1. The second kappa shape index (κ2) is 9.93. The van der Waals surface area contributed by atoms with Gasteiger partial charge in [-0.3, -0.25) is 9.59 Å². The van der Waals surface area contributed by atoms with E-state index >= 15 is 0 Å². The van der Waals surface area contributed by atoms with Crippen LogP contribution in [0.25, 0.3) is 0 Å². The lowest BCUT2D eigenvalue weighted by molar-refractivity contribution is 0.0954. The molecule has 2 amide bonds. The highest BCUT2D eigenvalue weighted by Crippen LogP contribution is 2.25. The molecule has 0 aromatic heterocycles. The maximum atomic E-state index is 12.3. The Labute approximate surface area is 179 Å². The number of anilines is 1. The van der Waals surface area contributed by atoms with Crippen molar-refractivity contribution < 1.29 is 24.2 Å². The van der Waals surface area contributed by atoms with Gasteiger partial charge in [0.15, 0.2) is 11.5 Å². The standard InChI is InChI=1S/C23H21N3O5/c1-30-19-10-6-16(7-11-19)22(28)25-18-8-4-17(5-9-18)23(29)26-24-14-15-3-12-21(31-2)20(27)13-15/h3-14,27H,1-2H3,(H,25,28)(H,26,29)/b24-14-. The highest BCUT2D eigenvalue weighted by molar-refractivity contribution is 6.04. The van der Waals surface area contributed by atoms with Crippen molar-refractivity contribution in [2.24, 2.45) is 5.10 Å². The minimum Gasteiger partial charge on any atom is -0.504 e. The van der Waals surface area contributed by atoms with Gasteiger partial charge < -0.3 is 19.9 Å². The largest absolute Gasteiger partial charge is 0.504 e. The fraction of sp³-hybridized carbons (Fsp3) is 0.0870. The summed E-state index contributed by atoms with van der Waals surface area (Å²) in [6.07, 6.45) is 1.40. The van der Waals surface area contributed by atoms with Crippen molar-refractivity contribution in [1.82, 2.24) is 5.43 Å². The Balaban J connectivity index is 1.56. The molecule has 0 aliphatic heterocycles. The molecule has 0 spiro atoms. The zero-order chi connectivity index (χ0) is 22.2. The summed E-state index contributed by atoms with van der Waals surface area (Å²) in [6.45, 7) is 0. The van der Waals surface area contributed by atoms with Gasteiger partial charge in [-0.05, 0) is 72.3 Å². The third-order valence-corrected chi connectivity index (χ3v) is 4.34. The van der Waals surface area contributed by atoms with Gasteiger partial charge in [0.2, 0.25) is 0 Å². The third kappa shape index (κ3) is 5.60. The van der Waals surface area contributed by atoms with Crippen molar-refractivity contribution in [3.8, 4) is 17.2 Å². The number of nitrogens with zero attached hydrogens (tertiary/aromatic N) is 1. The maximum absolute atomic E-state index is 12.3. The van der Waals surface area contributed by atoms with Gasteiger partial charge in [0.05, 0.1) is 20.4 Å². The van der Waals surface area contributed by atoms with Crippen molar-refractivity contribution in [1.29, 1.82) is 0 Å². The molecule has 0 saturated carbocycles. The van der Waals surface area contributed by atoms with Crippen molar-refractivity contribution in [3.63, 3.8) is 0 Å². The van der Waals surface area contributed by atoms with E-state index in [-0.39, 0.29) is 11.7 Å². The van der Waals surface area contributed by atoms with Gasteiger partial charge in [0, 0.05) is 16.8 Å². The van der Waals surface area contributed by atoms with E-state index in [0.717, 1.165) is 0 Å². The zero-order valence-corrected chi connectivity index (χ0v) is 17.0. The number of methoxy groups -OCH3 is 2. The fourth-order valence-corrected chi connectivity index (χ4v) is 2.67. The van der Waals surface area contributed by atoms with E-state index in [0.29, 0.717) is 33.9 Å². The molecule has 0 radical (unpaired) electrons. The van der Waals surface area contributed by atoms with Crippen LogP contribution in [0.15, 0.2) is 71.8 Å². The Morgan fingerprint density at radius 1 is 0.871 bits per heavy atom. The highest BCUT2D eigenvalue weighted by atomic mass is 16.5. The van der Waals surface area contributed by atoms with Gasteiger partial charge in [-0.15, -0.1) is 0 Å². The van der Waals surface area contributed by atoms with Gasteiger partial charge in [-0.1, -0.05) is 0 Å². The molecule has 8 heteroatoms. The molecule has 3 N–H and O–H groups in total. The smallest absolute Gasteiger partial charge is 0.271 e. The number of hydrogen-bond acceptors (Lipinski definition) is 6. The number of nitrogens with one attached hydrogen (secondary N) is 2. The summed E-state index contributed by atoms with van der Waals surface area (Å²) in [6, 6.07) is 17.9. The minimum atomic E-state index is -0.415. The van der Waals surface area contributed by atoms with Crippen LogP contribution in [0.5, 0.6) is 17.2 Å².